The summed E-state index contributed by atoms with van der Waals surface area (Å²) in [7, 11) is 1.26. The molecular formula is C21H21N3O4S. The molecule has 0 atom stereocenters. The maximum absolute atomic E-state index is 12.2. The molecule has 3 aromatic rings. The van der Waals surface area contributed by atoms with Crippen molar-refractivity contribution in [1.82, 2.24) is 10.3 Å². The van der Waals surface area contributed by atoms with Gasteiger partial charge in [-0.05, 0) is 29.8 Å². The van der Waals surface area contributed by atoms with E-state index in [9.17, 15) is 14.4 Å². The second-order valence-electron chi connectivity index (χ2n) is 6.35. The van der Waals surface area contributed by atoms with Gasteiger partial charge < -0.3 is 15.4 Å². The van der Waals surface area contributed by atoms with Gasteiger partial charge in [-0.15, -0.1) is 11.3 Å². The van der Waals surface area contributed by atoms with E-state index in [2.05, 4.69) is 20.4 Å². The van der Waals surface area contributed by atoms with E-state index in [1.54, 1.807) is 35.6 Å². The minimum Gasteiger partial charge on any atom is -0.468 e. The zero-order valence-electron chi connectivity index (χ0n) is 15.9. The number of methoxy groups -OCH3 is 1. The molecule has 1 heterocycles. The number of benzene rings is 2. The van der Waals surface area contributed by atoms with Crippen molar-refractivity contribution in [2.45, 2.75) is 19.3 Å². The number of aromatic nitrogens is 1. The fourth-order valence-electron chi connectivity index (χ4n) is 2.67. The molecule has 0 spiro atoms. The Morgan fingerprint density at radius 1 is 1.03 bits per heavy atom. The summed E-state index contributed by atoms with van der Waals surface area (Å²) in [6, 6.07) is 14.9. The number of rotatable bonds is 8. The number of para-hydroxylation sites is 1. The van der Waals surface area contributed by atoms with Crippen molar-refractivity contribution >= 4 is 45.0 Å². The van der Waals surface area contributed by atoms with E-state index in [1.165, 1.54) is 7.11 Å². The van der Waals surface area contributed by atoms with Crippen LogP contribution in [0.25, 0.3) is 10.2 Å². The van der Waals surface area contributed by atoms with Gasteiger partial charge in [-0.25, -0.2) is 4.98 Å². The number of nitrogens with one attached hydrogen (secondary N) is 2. The number of thiazole rings is 1. The lowest BCUT2D eigenvalue weighted by Crippen LogP contribution is -2.31. The molecule has 1 aromatic heterocycles. The number of ether oxygens (including phenoxy) is 1. The van der Waals surface area contributed by atoms with Gasteiger partial charge in [0.1, 0.15) is 6.54 Å². The highest BCUT2D eigenvalue weighted by atomic mass is 32.1. The predicted octanol–water partition coefficient (Wildman–Crippen LogP) is 2.70. The van der Waals surface area contributed by atoms with Crippen LogP contribution in [0, 0.1) is 0 Å². The molecule has 0 aliphatic heterocycles. The molecule has 0 unspecified atom stereocenters. The molecular weight excluding hydrogens is 390 g/mol. The molecule has 2 N–H and O–H groups in total. The number of fused-ring (bicyclic) bond motifs is 1. The summed E-state index contributed by atoms with van der Waals surface area (Å²) in [5.41, 5.74) is 2.40. The number of anilines is 1. The van der Waals surface area contributed by atoms with Crippen LogP contribution in [0.15, 0.2) is 48.5 Å². The summed E-state index contributed by atoms with van der Waals surface area (Å²) in [5, 5.41) is 6.27. The molecule has 2 amide bonds. The van der Waals surface area contributed by atoms with Gasteiger partial charge in [0.15, 0.2) is 0 Å². The Labute approximate surface area is 172 Å². The zero-order chi connectivity index (χ0) is 20.6. The first-order valence-corrected chi connectivity index (χ1v) is 9.92. The Morgan fingerprint density at radius 3 is 2.52 bits per heavy atom. The van der Waals surface area contributed by atoms with E-state index in [0.29, 0.717) is 18.5 Å². The molecule has 0 aliphatic carbocycles. The predicted molar refractivity (Wildman–Crippen MR) is 112 cm³/mol. The molecule has 8 heteroatoms. The van der Waals surface area contributed by atoms with Gasteiger partial charge in [0, 0.05) is 18.5 Å². The molecule has 0 saturated heterocycles. The molecule has 150 valence electrons. The van der Waals surface area contributed by atoms with Crippen LogP contribution in [0.2, 0.25) is 0 Å². The van der Waals surface area contributed by atoms with Gasteiger partial charge in [0.2, 0.25) is 11.8 Å². The van der Waals surface area contributed by atoms with Crippen LogP contribution < -0.4 is 10.6 Å². The van der Waals surface area contributed by atoms with Gasteiger partial charge >= 0.3 is 5.97 Å². The van der Waals surface area contributed by atoms with Crippen molar-refractivity contribution in [3.63, 3.8) is 0 Å². The quantitative estimate of drug-likeness (QED) is 0.556. The van der Waals surface area contributed by atoms with Gasteiger partial charge in [-0.1, -0.05) is 24.3 Å². The second kappa shape index (κ2) is 9.79. The Bertz CT molecular complexity index is 981. The van der Waals surface area contributed by atoms with Crippen LogP contribution in [-0.4, -0.2) is 36.4 Å². The van der Waals surface area contributed by atoms with Gasteiger partial charge in [0.25, 0.3) is 0 Å². The zero-order valence-corrected chi connectivity index (χ0v) is 16.8. The summed E-state index contributed by atoms with van der Waals surface area (Å²) < 4.78 is 5.59. The Morgan fingerprint density at radius 2 is 1.79 bits per heavy atom. The minimum absolute atomic E-state index is 0.0900. The summed E-state index contributed by atoms with van der Waals surface area (Å²) in [6.45, 7) is -0.155. The van der Waals surface area contributed by atoms with E-state index in [0.717, 1.165) is 20.8 Å². The minimum atomic E-state index is -0.498. The Kier molecular flexibility index (Phi) is 6.91. The average Bonchev–Trinajstić information content (AvgIpc) is 3.15. The van der Waals surface area contributed by atoms with Gasteiger partial charge in [-0.2, -0.15) is 0 Å². The normalized spacial score (nSPS) is 10.5. The van der Waals surface area contributed by atoms with E-state index >= 15 is 0 Å². The second-order valence-corrected chi connectivity index (χ2v) is 7.47. The molecule has 0 bridgehead atoms. The number of esters is 1. The number of nitrogens with zero attached hydrogens (tertiary/aromatic N) is 1. The highest BCUT2D eigenvalue weighted by molar-refractivity contribution is 7.18. The van der Waals surface area contributed by atoms with Gasteiger partial charge in [0.05, 0.1) is 28.8 Å². The fourth-order valence-corrected chi connectivity index (χ4v) is 3.63. The van der Waals surface area contributed by atoms with Crippen LogP contribution >= 0.6 is 11.3 Å². The third-order valence-corrected chi connectivity index (χ3v) is 5.26. The van der Waals surface area contributed by atoms with Crippen LogP contribution in [-0.2, 0) is 32.0 Å². The van der Waals surface area contributed by atoms with Crippen LogP contribution in [0.4, 0.5) is 5.69 Å². The Hall–Kier alpha value is -3.26. The lowest BCUT2D eigenvalue weighted by Gasteiger charge is -2.07. The Balaban J connectivity index is 1.45. The first kappa shape index (κ1) is 20.5. The number of hydrogen-bond acceptors (Lipinski definition) is 6. The van der Waals surface area contributed by atoms with E-state index in [4.69, 9.17) is 0 Å². The summed E-state index contributed by atoms with van der Waals surface area (Å²) in [4.78, 5) is 39.5. The maximum atomic E-state index is 12.2. The fraction of sp³-hybridized carbons (Fsp3) is 0.238. The smallest absolute Gasteiger partial charge is 0.325 e. The number of aryl methyl sites for hydroxylation is 1. The molecule has 0 aliphatic rings. The lowest BCUT2D eigenvalue weighted by atomic mass is 10.1. The number of amides is 2. The summed E-state index contributed by atoms with van der Waals surface area (Å²) >= 11 is 1.60. The van der Waals surface area contributed by atoms with Crippen molar-refractivity contribution in [3.8, 4) is 0 Å². The van der Waals surface area contributed by atoms with Crippen molar-refractivity contribution in [3.05, 3.63) is 59.1 Å². The van der Waals surface area contributed by atoms with Crippen molar-refractivity contribution in [1.29, 1.82) is 0 Å². The van der Waals surface area contributed by atoms with Crippen molar-refractivity contribution < 1.29 is 19.1 Å². The molecule has 7 nitrogen and oxygen atoms in total. The van der Waals surface area contributed by atoms with Crippen molar-refractivity contribution in [2.75, 3.05) is 19.0 Å². The summed E-state index contributed by atoms with van der Waals surface area (Å²) in [6.07, 6.45) is 1.07. The number of hydrogen-bond donors (Lipinski definition) is 2. The van der Waals surface area contributed by atoms with E-state index in [1.807, 2.05) is 24.3 Å². The highest BCUT2D eigenvalue weighted by Crippen LogP contribution is 2.22. The topological polar surface area (TPSA) is 97.4 Å². The molecule has 2 aromatic carbocycles. The molecule has 0 saturated carbocycles. The largest absolute Gasteiger partial charge is 0.468 e. The van der Waals surface area contributed by atoms with Crippen LogP contribution in [0.5, 0.6) is 0 Å². The average molecular weight is 411 g/mol. The first-order chi connectivity index (χ1) is 14.0. The van der Waals surface area contributed by atoms with Crippen LogP contribution in [0.3, 0.4) is 0 Å². The standard InChI is InChI=1S/C21H21N3O4S/c1-28-21(27)13-22-19(26)12-14-6-8-15(9-7-14)23-18(25)10-11-20-24-16-4-2-3-5-17(16)29-20/h2-9H,10-13H2,1H3,(H,22,26)(H,23,25). The molecule has 0 radical (unpaired) electrons. The lowest BCUT2D eigenvalue weighted by molar-refractivity contribution is -0.141. The molecule has 29 heavy (non-hydrogen) atoms. The number of carbonyl (C=O) groups is 3. The molecule has 3 rings (SSSR count). The van der Waals surface area contributed by atoms with Crippen LogP contribution in [0.1, 0.15) is 17.0 Å². The van der Waals surface area contributed by atoms with Gasteiger partial charge in [-0.3, -0.25) is 14.4 Å². The third-order valence-electron chi connectivity index (χ3n) is 4.16. The van der Waals surface area contributed by atoms with E-state index in [-0.39, 0.29) is 24.8 Å². The maximum Gasteiger partial charge on any atom is 0.325 e. The number of carbonyl (C=O) groups excluding carboxylic acids is 3. The SMILES string of the molecule is COC(=O)CNC(=O)Cc1ccc(NC(=O)CCc2nc3ccccc3s2)cc1. The monoisotopic (exact) mass is 411 g/mol. The first-order valence-electron chi connectivity index (χ1n) is 9.10. The summed E-state index contributed by atoms with van der Waals surface area (Å²) in [5.74, 6) is -0.863. The molecule has 0 fully saturated rings. The highest BCUT2D eigenvalue weighted by Gasteiger charge is 2.09. The van der Waals surface area contributed by atoms with E-state index < -0.39 is 5.97 Å². The van der Waals surface area contributed by atoms with Crippen molar-refractivity contribution in [2.24, 2.45) is 0 Å². The third kappa shape index (κ3) is 6.11.